The Hall–Kier alpha value is -1.12. The minimum atomic E-state index is -0.815. The molecule has 3 rings (SSSR count). The Balaban J connectivity index is 1.81. The highest BCUT2D eigenvalue weighted by molar-refractivity contribution is 5.32. The molecule has 86 valence electrons. The van der Waals surface area contributed by atoms with E-state index in [1.54, 1.807) is 12.1 Å². The molecule has 1 aromatic rings. The van der Waals surface area contributed by atoms with Crippen LogP contribution in [0.4, 0.5) is 8.78 Å². The van der Waals surface area contributed by atoms with Crippen molar-refractivity contribution in [3.05, 3.63) is 29.3 Å². The first-order valence-electron chi connectivity index (χ1n) is 5.87. The predicted molar refractivity (Wildman–Crippen MR) is 56.4 cm³/mol. The second-order valence-electron chi connectivity index (χ2n) is 4.82. The zero-order valence-corrected chi connectivity index (χ0v) is 9.01. The van der Waals surface area contributed by atoms with Gasteiger partial charge in [0.15, 0.2) is 11.6 Å². The summed E-state index contributed by atoms with van der Waals surface area (Å²) in [5.41, 5.74) is 0.489. The van der Waals surface area contributed by atoms with E-state index in [1.807, 2.05) is 0 Å². The Morgan fingerprint density at radius 2 is 1.81 bits per heavy atom. The average Bonchev–Trinajstić information content (AvgIpc) is 3.12. The van der Waals surface area contributed by atoms with Crippen molar-refractivity contribution in [2.45, 2.75) is 38.2 Å². The summed E-state index contributed by atoms with van der Waals surface area (Å²) < 4.78 is 32.6. The lowest BCUT2D eigenvalue weighted by atomic mass is 10.1. The SMILES string of the molecule is Fc1c(CC2CC2)ccc(OC2CC2)c1F. The fourth-order valence-electron chi connectivity index (χ4n) is 1.82. The fourth-order valence-corrected chi connectivity index (χ4v) is 1.82. The second kappa shape index (κ2) is 3.72. The first kappa shape index (κ1) is 10.1. The van der Waals surface area contributed by atoms with Crippen molar-refractivity contribution < 1.29 is 13.5 Å². The van der Waals surface area contributed by atoms with Gasteiger partial charge in [0, 0.05) is 0 Å². The Labute approximate surface area is 93.4 Å². The Kier molecular flexibility index (Phi) is 2.34. The van der Waals surface area contributed by atoms with Crippen LogP contribution in [0.25, 0.3) is 0 Å². The topological polar surface area (TPSA) is 9.23 Å². The van der Waals surface area contributed by atoms with Crippen molar-refractivity contribution in [1.29, 1.82) is 0 Å². The first-order valence-corrected chi connectivity index (χ1v) is 5.87. The molecule has 0 aromatic heterocycles. The van der Waals surface area contributed by atoms with Gasteiger partial charge < -0.3 is 4.74 Å². The van der Waals surface area contributed by atoms with Crippen molar-refractivity contribution >= 4 is 0 Å². The van der Waals surface area contributed by atoms with Gasteiger partial charge in [-0.2, -0.15) is 4.39 Å². The summed E-state index contributed by atoms with van der Waals surface area (Å²) in [6.45, 7) is 0. The van der Waals surface area contributed by atoms with Gasteiger partial charge in [0.2, 0.25) is 5.82 Å². The third-order valence-corrected chi connectivity index (χ3v) is 3.15. The Morgan fingerprint density at radius 1 is 1.06 bits per heavy atom. The van der Waals surface area contributed by atoms with Gasteiger partial charge in [-0.05, 0) is 49.7 Å². The van der Waals surface area contributed by atoms with Crippen LogP contribution in [0.1, 0.15) is 31.2 Å². The fraction of sp³-hybridized carbons (Fsp3) is 0.538. The van der Waals surface area contributed by atoms with Crippen LogP contribution in [0, 0.1) is 17.6 Å². The molecule has 2 aliphatic rings. The molecule has 0 spiro atoms. The maximum Gasteiger partial charge on any atom is 0.200 e. The van der Waals surface area contributed by atoms with Crippen molar-refractivity contribution in [2.24, 2.45) is 5.92 Å². The van der Waals surface area contributed by atoms with E-state index >= 15 is 0 Å². The molecule has 2 aliphatic carbocycles. The normalized spacial score (nSPS) is 19.9. The van der Waals surface area contributed by atoms with Crippen LogP contribution >= 0.6 is 0 Å². The monoisotopic (exact) mass is 224 g/mol. The van der Waals surface area contributed by atoms with Crippen LogP contribution in [0.15, 0.2) is 12.1 Å². The summed E-state index contributed by atoms with van der Waals surface area (Å²) in [6.07, 6.45) is 4.94. The molecule has 2 fully saturated rings. The van der Waals surface area contributed by atoms with Gasteiger partial charge in [-0.15, -0.1) is 0 Å². The van der Waals surface area contributed by atoms with Gasteiger partial charge in [-0.3, -0.25) is 0 Å². The van der Waals surface area contributed by atoms with Crippen LogP contribution < -0.4 is 4.74 Å². The highest BCUT2D eigenvalue weighted by Crippen LogP contribution is 2.35. The van der Waals surface area contributed by atoms with Crippen LogP contribution in [0.5, 0.6) is 5.75 Å². The summed E-state index contributed by atoms with van der Waals surface area (Å²) in [7, 11) is 0. The minimum absolute atomic E-state index is 0.0690. The summed E-state index contributed by atoms with van der Waals surface area (Å²) in [5.74, 6) is -0.904. The number of rotatable bonds is 4. The van der Waals surface area contributed by atoms with Gasteiger partial charge >= 0.3 is 0 Å². The van der Waals surface area contributed by atoms with E-state index in [0.29, 0.717) is 17.9 Å². The molecule has 2 saturated carbocycles. The van der Waals surface area contributed by atoms with E-state index in [9.17, 15) is 8.78 Å². The van der Waals surface area contributed by atoms with E-state index in [1.165, 1.54) is 0 Å². The molecule has 0 heterocycles. The maximum atomic E-state index is 13.7. The number of halogens is 2. The van der Waals surface area contributed by atoms with Crippen LogP contribution in [-0.2, 0) is 6.42 Å². The van der Waals surface area contributed by atoms with E-state index in [4.69, 9.17) is 4.74 Å². The first-order chi connectivity index (χ1) is 7.74. The third-order valence-electron chi connectivity index (χ3n) is 3.15. The highest BCUT2D eigenvalue weighted by Gasteiger charge is 2.28. The van der Waals surface area contributed by atoms with E-state index < -0.39 is 11.6 Å². The lowest BCUT2D eigenvalue weighted by molar-refractivity contribution is 0.281. The molecule has 0 atom stereocenters. The predicted octanol–water partition coefficient (Wildman–Crippen LogP) is 3.46. The largest absolute Gasteiger partial charge is 0.487 e. The highest BCUT2D eigenvalue weighted by atomic mass is 19.2. The molecule has 0 aliphatic heterocycles. The minimum Gasteiger partial charge on any atom is -0.487 e. The van der Waals surface area contributed by atoms with Gasteiger partial charge in [0.05, 0.1) is 6.10 Å². The van der Waals surface area contributed by atoms with Crippen LogP contribution in [-0.4, -0.2) is 6.10 Å². The molecule has 0 bridgehead atoms. The van der Waals surface area contributed by atoms with Crippen molar-refractivity contribution in [2.75, 3.05) is 0 Å². The second-order valence-corrected chi connectivity index (χ2v) is 4.82. The molecule has 1 aromatic carbocycles. The van der Waals surface area contributed by atoms with E-state index in [2.05, 4.69) is 0 Å². The Morgan fingerprint density at radius 3 is 2.44 bits per heavy atom. The van der Waals surface area contributed by atoms with Crippen LogP contribution in [0.2, 0.25) is 0 Å². The molecule has 0 N–H and O–H groups in total. The Bertz CT molecular complexity index is 370. The third kappa shape index (κ3) is 2.04. The quantitative estimate of drug-likeness (QED) is 0.761. The van der Waals surface area contributed by atoms with Crippen molar-refractivity contribution in [1.82, 2.24) is 0 Å². The summed E-state index contributed by atoms with van der Waals surface area (Å²) in [5, 5.41) is 0. The van der Waals surface area contributed by atoms with Crippen LogP contribution in [0.3, 0.4) is 0 Å². The van der Waals surface area contributed by atoms with E-state index in [-0.39, 0.29) is 11.9 Å². The van der Waals surface area contributed by atoms with Crippen molar-refractivity contribution in [3.8, 4) is 5.75 Å². The summed E-state index contributed by atoms with van der Waals surface area (Å²) in [4.78, 5) is 0. The molecule has 0 saturated heterocycles. The average molecular weight is 224 g/mol. The smallest absolute Gasteiger partial charge is 0.200 e. The number of benzene rings is 1. The standard InChI is InChI=1S/C13H14F2O/c14-12-9(7-8-1-2-8)3-6-11(13(12)15)16-10-4-5-10/h3,6,8,10H,1-2,4-5,7H2. The molecule has 0 unspecified atom stereocenters. The lowest BCUT2D eigenvalue weighted by Crippen LogP contribution is -2.03. The lowest BCUT2D eigenvalue weighted by Gasteiger charge is -2.09. The maximum absolute atomic E-state index is 13.7. The number of hydrogen-bond donors (Lipinski definition) is 0. The molecule has 0 radical (unpaired) electrons. The van der Waals surface area contributed by atoms with Gasteiger partial charge in [0.25, 0.3) is 0 Å². The molecular weight excluding hydrogens is 210 g/mol. The zero-order chi connectivity index (χ0) is 11.1. The molecule has 0 amide bonds. The summed E-state index contributed by atoms with van der Waals surface area (Å²) >= 11 is 0. The van der Waals surface area contributed by atoms with E-state index in [0.717, 1.165) is 25.7 Å². The van der Waals surface area contributed by atoms with Gasteiger partial charge in [-0.1, -0.05) is 6.07 Å². The molecular formula is C13H14F2O. The van der Waals surface area contributed by atoms with Gasteiger partial charge in [0.1, 0.15) is 0 Å². The number of ether oxygens (including phenoxy) is 1. The molecule has 1 nitrogen and oxygen atoms in total. The number of hydrogen-bond acceptors (Lipinski definition) is 1. The van der Waals surface area contributed by atoms with Gasteiger partial charge in [-0.25, -0.2) is 4.39 Å². The zero-order valence-electron chi connectivity index (χ0n) is 9.01. The summed E-state index contributed by atoms with van der Waals surface area (Å²) in [6, 6.07) is 3.23. The molecule has 3 heteroatoms. The van der Waals surface area contributed by atoms with Crippen molar-refractivity contribution in [3.63, 3.8) is 0 Å². The molecule has 16 heavy (non-hydrogen) atoms.